The smallest absolute Gasteiger partial charge is 0.306 e. The number of hydrogen-bond acceptors (Lipinski definition) is 4. The topological polar surface area (TPSA) is 63.6 Å². The fourth-order valence-corrected chi connectivity index (χ4v) is 2.39. The van der Waals surface area contributed by atoms with Gasteiger partial charge in [0.1, 0.15) is 0 Å². The Balaban J connectivity index is 2.72. The molecule has 1 aliphatic heterocycles. The highest BCUT2D eigenvalue weighted by molar-refractivity contribution is 5.95. The second kappa shape index (κ2) is 11.2. The summed E-state index contributed by atoms with van der Waals surface area (Å²) in [6.07, 6.45) is 12.4. The number of esters is 1. The van der Waals surface area contributed by atoms with E-state index < -0.39 is 12.2 Å². The second-order valence-corrected chi connectivity index (χ2v) is 5.73. The summed E-state index contributed by atoms with van der Waals surface area (Å²) in [5.41, 5.74) is 0. The molecule has 0 radical (unpaired) electrons. The zero-order valence-electron chi connectivity index (χ0n) is 13.5. The van der Waals surface area contributed by atoms with Gasteiger partial charge in [0.25, 0.3) is 0 Å². The molecule has 1 aliphatic rings. The molecular weight excluding hydrogens is 280 g/mol. The predicted molar refractivity (Wildman–Crippen MR) is 86.4 cm³/mol. The molecule has 0 saturated carbocycles. The first kappa shape index (κ1) is 18.6. The summed E-state index contributed by atoms with van der Waals surface area (Å²) < 4.78 is 5.32. The number of cyclic esters (lactones) is 1. The number of aliphatic hydroxyl groups excluding tert-OH is 1. The van der Waals surface area contributed by atoms with Gasteiger partial charge in [-0.05, 0) is 25.3 Å². The fraction of sp³-hybridized carbons (Fsp3) is 0.667. The van der Waals surface area contributed by atoms with Crippen LogP contribution in [0.1, 0.15) is 64.7 Å². The lowest BCUT2D eigenvalue weighted by Crippen LogP contribution is -2.26. The zero-order chi connectivity index (χ0) is 16.2. The third-order valence-corrected chi connectivity index (χ3v) is 3.71. The van der Waals surface area contributed by atoms with Gasteiger partial charge in [0.15, 0.2) is 11.9 Å². The summed E-state index contributed by atoms with van der Waals surface area (Å²) in [7, 11) is 0. The van der Waals surface area contributed by atoms with Crippen LogP contribution in [0.15, 0.2) is 24.3 Å². The number of carbonyl (C=O) groups excluding carboxylic acids is 2. The molecule has 0 spiro atoms. The minimum atomic E-state index is -0.776. The Morgan fingerprint density at radius 2 is 1.91 bits per heavy atom. The van der Waals surface area contributed by atoms with E-state index in [1.165, 1.54) is 12.2 Å². The SMILES string of the molecule is CC/C=C\C[C@H]1OC(=O)CCCCCCC[C@H](O)/C=C/C1=O. The summed E-state index contributed by atoms with van der Waals surface area (Å²) in [6.45, 7) is 2.01. The van der Waals surface area contributed by atoms with E-state index >= 15 is 0 Å². The van der Waals surface area contributed by atoms with E-state index in [0.29, 0.717) is 19.3 Å². The van der Waals surface area contributed by atoms with E-state index in [-0.39, 0.29) is 11.8 Å². The minimum Gasteiger partial charge on any atom is -0.454 e. The number of hydrogen-bond donors (Lipinski definition) is 1. The molecule has 0 aromatic carbocycles. The van der Waals surface area contributed by atoms with Crippen LogP contribution in [0.4, 0.5) is 0 Å². The number of ketones is 1. The van der Waals surface area contributed by atoms with Gasteiger partial charge >= 0.3 is 5.97 Å². The van der Waals surface area contributed by atoms with Crippen molar-refractivity contribution in [2.24, 2.45) is 0 Å². The molecule has 0 aromatic heterocycles. The van der Waals surface area contributed by atoms with Crippen molar-refractivity contribution >= 4 is 11.8 Å². The Bertz CT molecular complexity index is 398. The molecule has 2 atom stereocenters. The number of aliphatic hydroxyl groups is 1. The third kappa shape index (κ3) is 8.13. The molecule has 4 heteroatoms. The van der Waals surface area contributed by atoms with Crippen molar-refractivity contribution in [3.8, 4) is 0 Å². The molecule has 0 saturated heterocycles. The van der Waals surface area contributed by atoms with Crippen LogP contribution in [0.3, 0.4) is 0 Å². The predicted octanol–water partition coefficient (Wildman–Crippen LogP) is 3.49. The first-order valence-corrected chi connectivity index (χ1v) is 8.38. The van der Waals surface area contributed by atoms with Gasteiger partial charge in [-0.1, -0.05) is 50.8 Å². The van der Waals surface area contributed by atoms with Crippen LogP contribution in [0.25, 0.3) is 0 Å². The lowest BCUT2D eigenvalue weighted by atomic mass is 10.0. The summed E-state index contributed by atoms with van der Waals surface area (Å²) >= 11 is 0. The summed E-state index contributed by atoms with van der Waals surface area (Å²) in [4.78, 5) is 24.0. The highest BCUT2D eigenvalue weighted by atomic mass is 16.5. The average molecular weight is 308 g/mol. The molecule has 4 nitrogen and oxygen atoms in total. The van der Waals surface area contributed by atoms with Crippen molar-refractivity contribution in [1.29, 1.82) is 0 Å². The third-order valence-electron chi connectivity index (χ3n) is 3.71. The largest absolute Gasteiger partial charge is 0.454 e. The van der Waals surface area contributed by atoms with E-state index in [9.17, 15) is 14.7 Å². The Morgan fingerprint density at radius 3 is 2.68 bits per heavy atom. The normalized spacial score (nSPS) is 27.4. The van der Waals surface area contributed by atoms with Crippen molar-refractivity contribution in [2.45, 2.75) is 76.9 Å². The minimum absolute atomic E-state index is 0.259. The monoisotopic (exact) mass is 308 g/mol. The van der Waals surface area contributed by atoms with Crippen LogP contribution < -0.4 is 0 Å². The van der Waals surface area contributed by atoms with Gasteiger partial charge in [0.05, 0.1) is 6.10 Å². The van der Waals surface area contributed by atoms with Gasteiger partial charge in [-0.3, -0.25) is 9.59 Å². The van der Waals surface area contributed by atoms with Gasteiger partial charge in [0.2, 0.25) is 0 Å². The molecule has 0 bridgehead atoms. The Morgan fingerprint density at radius 1 is 1.18 bits per heavy atom. The maximum absolute atomic E-state index is 12.2. The maximum atomic E-state index is 12.2. The molecule has 22 heavy (non-hydrogen) atoms. The second-order valence-electron chi connectivity index (χ2n) is 5.73. The molecular formula is C18H28O4. The zero-order valence-corrected chi connectivity index (χ0v) is 13.5. The van der Waals surface area contributed by atoms with Crippen LogP contribution in [-0.4, -0.2) is 29.1 Å². The highest BCUT2D eigenvalue weighted by Crippen LogP contribution is 2.13. The number of rotatable bonds is 3. The van der Waals surface area contributed by atoms with Crippen LogP contribution in [0, 0.1) is 0 Å². The van der Waals surface area contributed by atoms with Crippen molar-refractivity contribution in [3.63, 3.8) is 0 Å². The maximum Gasteiger partial charge on any atom is 0.306 e. The number of allylic oxidation sites excluding steroid dienone is 1. The standard InChI is InChI=1S/C18H28O4/c1-2-3-7-11-17-16(20)14-13-15(19)10-8-5-4-6-9-12-18(21)22-17/h3,7,13-15,17,19H,2,4-6,8-12H2,1H3/b7-3-,14-13+/t15-,17+/m0/s1. The summed E-state index contributed by atoms with van der Waals surface area (Å²) in [6, 6.07) is 0. The Kier molecular flexibility index (Phi) is 9.47. The van der Waals surface area contributed by atoms with Gasteiger partial charge in [0, 0.05) is 12.8 Å². The number of ether oxygens (including phenoxy) is 1. The average Bonchev–Trinajstić information content (AvgIpc) is 2.50. The highest BCUT2D eigenvalue weighted by Gasteiger charge is 2.20. The molecule has 0 amide bonds. The fourth-order valence-electron chi connectivity index (χ4n) is 2.39. The van der Waals surface area contributed by atoms with E-state index in [1.807, 2.05) is 19.1 Å². The van der Waals surface area contributed by atoms with Crippen LogP contribution >= 0.6 is 0 Å². The van der Waals surface area contributed by atoms with E-state index in [2.05, 4.69) is 0 Å². The van der Waals surface area contributed by atoms with E-state index in [4.69, 9.17) is 4.74 Å². The van der Waals surface area contributed by atoms with E-state index in [1.54, 1.807) is 0 Å². The van der Waals surface area contributed by atoms with Gasteiger partial charge < -0.3 is 9.84 Å². The molecule has 1 rings (SSSR count). The van der Waals surface area contributed by atoms with Gasteiger partial charge in [-0.15, -0.1) is 0 Å². The van der Waals surface area contributed by atoms with Crippen LogP contribution in [0.5, 0.6) is 0 Å². The Hall–Kier alpha value is -1.42. The first-order chi connectivity index (χ1) is 10.6. The van der Waals surface area contributed by atoms with Crippen molar-refractivity contribution < 1.29 is 19.4 Å². The summed E-state index contributed by atoms with van der Waals surface area (Å²) in [5, 5.41) is 9.83. The van der Waals surface area contributed by atoms with Crippen molar-refractivity contribution in [1.82, 2.24) is 0 Å². The van der Waals surface area contributed by atoms with Gasteiger partial charge in [-0.25, -0.2) is 0 Å². The van der Waals surface area contributed by atoms with Crippen LogP contribution in [0.2, 0.25) is 0 Å². The quantitative estimate of drug-likeness (QED) is 0.640. The number of carbonyl (C=O) groups is 2. The van der Waals surface area contributed by atoms with Crippen molar-refractivity contribution in [2.75, 3.05) is 0 Å². The first-order valence-electron chi connectivity index (χ1n) is 8.38. The lowest BCUT2D eigenvalue weighted by molar-refractivity contribution is -0.153. The molecule has 0 unspecified atom stereocenters. The Labute approximate surface area is 133 Å². The van der Waals surface area contributed by atoms with Gasteiger partial charge in [-0.2, -0.15) is 0 Å². The summed E-state index contributed by atoms with van der Waals surface area (Å²) in [5.74, 6) is -0.570. The molecule has 1 heterocycles. The molecule has 0 aliphatic carbocycles. The van der Waals surface area contributed by atoms with E-state index in [0.717, 1.165) is 38.5 Å². The lowest BCUT2D eigenvalue weighted by Gasteiger charge is -2.14. The molecule has 0 fully saturated rings. The molecule has 124 valence electrons. The van der Waals surface area contributed by atoms with Crippen LogP contribution in [-0.2, 0) is 14.3 Å². The molecule has 1 N–H and O–H groups in total. The van der Waals surface area contributed by atoms with Crippen molar-refractivity contribution in [3.05, 3.63) is 24.3 Å². The molecule has 0 aromatic rings.